The summed E-state index contributed by atoms with van der Waals surface area (Å²) < 4.78 is 28.7. The van der Waals surface area contributed by atoms with Gasteiger partial charge in [0.05, 0.1) is 21.2 Å². The van der Waals surface area contributed by atoms with Crippen LogP contribution in [0.2, 0.25) is 0 Å². The van der Waals surface area contributed by atoms with Crippen LogP contribution in [-0.2, 0) is 10.0 Å². The highest BCUT2D eigenvalue weighted by Gasteiger charge is 2.21. The van der Waals surface area contributed by atoms with Crippen molar-refractivity contribution in [3.8, 4) is 0 Å². The Balaban J connectivity index is 1.93. The van der Waals surface area contributed by atoms with Crippen LogP contribution in [0.5, 0.6) is 0 Å². The number of nitro groups is 1. The lowest BCUT2D eigenvalue weighted by Crippen LogP contribution is -2.18. The van der Waals surface area contributed by atoms with Crippen molar-refractivity contribution in [3.63, 3.8) is 0 Å². The number of aryl methyl sites for hydroxylation is 4. The second-order valence-electron chi connectivity index (χ2n) is 7.61. The summed E-state index contributed by atoms with van der Waals surface area (Å²) >= 11 is 0. The molecule has 3 aromatic rings. The molecule has 0 aromatic heterocycles. The van der Waals surface area contributed by atoms with E-state index in [0.29, 0.717) is 16.8 Å². The third-order valence-corrected chi connectivity index (χ3v) is 6.56. The summed E-state index contributed by atoms with van der Waals surface area (Å²) in [5.41, 5.74) is 3.50. The molecule has 0 aliphatic rings. The largest absolute Gasteiger partial charge is 0.321 e. The average molecular weight is 454 g/mol. The van der Waals surface area contributed by atoms with E-state index in [2.05, 4.69) is 10.0 Å². The molecule has 0 aliphatic carbocycles. The maximum Gasteiger partial charge on any atom is 0.271 e. The van der Waals surface area contributed by atoms with E-state index in [1.807, 2.05) is 19.1 Å². The normalized spacial score (nSPS) is 11.1. The number of anilines is 2. The Bertz CT molecular complexity index is 1330. The van der Waals surface area contributed by atoms with Gasteiger partial charge in [-0.1, -0.05) is 24.3 Å². The summed E-state index contributed by atoms with van der Waals surface area (Å²) in [7, 11) is -3.96. The molecule has 0 atom stereocenters. The van der Waals surface area contributed by atoms with E-state index < -0.39 is 20.9 Å². The number of rotatable bonds is 6. The number of carbonyl (C=O) groups excluding carboxylic acids is 1. The van der Waals surface area contributed by atoms with Gasteiger partial charge in [-0.05, 0) is 68.1 Å². The topological polar surface area (TPSA) is 118 Å². The Labute approximate surface area is 186 Å². The van der Waals surface area contributed by atoms with Crippen LogP contribution in [0.15, 0.2) is 59.5 Å². The van der Waals surface area contributed by atoms with Crippen molar-refractivity contribution >= 4 is 33.0 Å². The molecule has 9 heteroatoms. The third-order valence-electron chi connectivity index (χ3n) is 5.06. The average Bonchev–Trinajstić information content (AvgIpc) is 2.72. The number of amides is 1. The molecular weight excluding hydrogens is 430 g/mol. The number of hydrogen-bond donors (Lipinski definition) is 2. The van der Waals surface area contributed by atoms with E-state index in [9.17, 15) is 23.3 Å². The highest BCUT2D eigenvalue weighted by molar-refractivity contribution is 7.92. The van der Waals surface area contributed by atoms with Gasteiger partial charge in [0.1, 0.15) is 0 Å². The Morgan fingerprint density at radius 1 is 0.844 bits per heavy atom. The van der Waals surface area contributed by atoms with Crippen LogP contribution in [0.4, 0.5) is 17.1 Å². The lowest BCUT2D eigenvalue weighted by Gasteiger charge is -2.14. The zero-order valence-corrected chi connectivity index (χ0v) is 18.9. The summed E-state index contributed by atoms with van der Waals surface area (Å²) in [5.74, 6) is -0.572. The van der Waals surface area contributed by atoms with Gasteiger partial charge in [0.25, 0.3) is 21.6 Å². The molecule has 1 amide bonds. The fourth-order valence-corrected chi connectivity index (χ4v) is 4.52. The van der Waals surface area contributed by atoms with Gasteiger partial charge in [0.2, 0.25) is 0 Å². The van der Waals surface area contributed by atoms with E-state index >= 15 is 0 Å². The first kappa shape index (κ1) is 23.0. The van der Waals surface area contributed by atoms with E-state index in [4.69, 9.17) is 0 Å². The number of nitro benzene ring substituents is 1. The summed E-state index contributed by atoms with van der Waals surface area (Å²) in [5, 5.41) is 13.7. The standard InChI is InChI=1S/C23H23N3O5S/c1-14-5-6-16(3)21(11-14)25-32(30,31)22-12-18(9-7-17(22)4)23(27)24-20-13-19(26(28)29)10-8-15(20)2/h5-13,25H,1-4H3,(H,24,27). The number of sulfonamides is 1. The quantitative estimate of drug-likeness (QED) is 0.407. The second kappa shape index (κ2) is 8.80. The fourth-order valence-electron chi connectivity index (χ4n) is 3.13. The van der Waals surface area contributed by atoms with Crippen molar-refractivity contribution in [3.05, 3.63) is 92.5 Å². The molecule has 0 spiro atoms. The molecule has 0 unspecified atom stereocenters. The fraction of sp³-hybridized carbons (Fsp3) is 0.174. The maximum absolute atomic E-state index is 13.1. The van der Waals surface area contributed by atoms with Crippen LogP contribution >= 0.6 is 0 Å². The highest BCUT2D eigenvalue weighted by atomic mass is 32.2. The molecule has 8 nitrogen and oxygen atoms in total. The van der Waals surface area contributed by atoms with Gasteiger partial charge < -0.3 is 5.32 Å². The first-order valence-corrected chi connectivity index (χ1v) is 11.2. The van der Waals surface area contributed by atoms with E-state index in [-0.39, 0.29) is 21.8 Å². The lowest BCUT2D eigenvalue weighted by molar-refractivity contribution is -0.384. The molecule has 0 radical (unpaired) electrons. The van der Waals surface area contributed by atoms with E-state index in [1.165, 1.54) is 30.3 Å². The summed E-state index contributed by atoms with van der Waals surface area (Å²) in [6.07, 6.45) is 0. The molecule has 32 heavy (non-hydrogen) atoms. The van der Waals surface area contributed by atoms with Crippen LogP contribution in [0.25, 0.3) is 0 Å². The minimum Gasteiger partial charge on any atom is -0.321 e. The Kier molecular flexibility index (Phi) is 6.31. The highest BCUT2D eigenvalue weighted by Crippen LogP contribution is 2.26. The number of nitrogens with one attached hydrogen (secondary N) is 2. The molecular formula is C23H23N3O5S. The van der Waals surface area contributed by atoms with Crippen LogP contribution in [0.1, 0.15) is 32.6 Å². The van der Waals surface area contributed by atoms with Crippen LogP contribution < -0.4 is 10.0 Å². The summed E-state index contributed by atoms with van der Waals surface area (Å²) in [6.45, 7) is 7.02. The SMILES string of the molecule is Cc1ccc(C)c(NS(=O)(=O)c2cc(C(=O)Nc3cc([N+](=O)[O-])ccc3C)ccc2C)c1. The smallest absolute Gasteiger partial charge is 0.271 e. The Morgan fingerprint density at radius 3 is 2.16 bits per heavy atom. The number of non-ortho nitro benzene ring substituents is 1. The third kappa shape index (κ3) is 4.94. The molecule has 166 valence electrons. The molecule has 0 aliphatic heterocycles. The zero-order chi connectivity index (χ0) is 23.6. The van der Waals surface area contributed by atoms with Crippen LogP contribution in [0.3, 0.4) is 0 Å². The number of hydrogen-bond acceptors (Lipinski definition) is 5. The molecule has 3 aromatic carbocycles. The van der Waals surface area contributed by atoms with Crippen molar-refractivity contribution in [1.82, 2.24) is 0 Å². The number of nitrogens with zero attached hydrogens (tertiary/aromatic N) is 1. The number of benzene rings is 3. The minimum absolute atomic E-state index is 0.0261. The molecule has 0 saturated carbocycles. The van der Waals surface area contributed by atoms with Crippen molar-refractivity contribution in [2.75, 3.05) is 10.0 Å². The van der Waals surface area contributed by atoms with Crippen molar-refractivity contribution in [1.29, 1.82) is 0 Å². The Morgan fingerprint density at radius 2 is 1.47 bits per heavy atom. The van der Waals surface area contributed by atoms with Crippen molar-refractivity contribution in [2.24, 2.45) is 0 Å². The van der Waals surface area contributed by atoms with Gasteiger partial charge in [-0.2, -0.15) is 0 Å². The predicted molar refractivity (Wildman–Crippen MR) is 124 cm³/mol. The van der Waals surface area contributed by atoms with Crippen molar-refractivity contribution in [2.45, 2.75) is 32.6 Å². The molecule has 2 N–H and O–H groups in total. The van der Waals surface area contributed by atoms with E-state index in [1.54, 1.807) is 32.9 Å². The minimum atomic E-state index is -3.96. The van der Waals surface area contributed by atoms with Gasteiger partial charge in [-0.3, -0.25) is 19.6 Å². The van der Waals surface area contributed by atoms with Crippen molar-refractivity contribution < 1.29 is 18.1 Å². The van der Waals surface area contributed by atoms with Crippen LogP contribution in [0, 0.1) is 37.8 Å². The van der Waals surface area contributed by atoms with Gasteiger partial charge in [0.15, 0.2) is 0 Å². The van der Waals surface area contributed by atoms with Gasteiger partial charge in [-0.25, -0.2) is 8.42 Å². The molecule has 0 bridgehead atoms. The molecule has 3 rings (SSSR count). The monoisotopic (exact) mass is 453 g/mol. The lowest BCUT2D eigenvalue weighted by atomic mass is 10.1. The van der Waals surface area contributed by atoms with Gasteiger partial charge in [0, 0.05) is 17.7 Å². The van der Waals surface area contributed by atoms with Gasteiger partial charge >= 0.3 is 0 Å². The summed E-state index contributed by atoms with van der Waals surface area (Å²) in [6, 6.07) is 14.0. The zero-order valence-electron chi connectivity index (χ0n) is 18.1. The Hall–Kier alpha value is -3.72. The molecule has 0 saturated heterocycles. The molecule has 0 fully saturated rings. The summed E-state index contributed by atoms with van der Waals surface area (Å²) in [4.78, 5) is 23.2. The second-order valence-corrected chi connectivity index (χ2v) is 9.27. The van der Waals surface area contributed by atoms with E-state index in [0.717, 1.165) is 11.1 Å². The number of carbonyl (C=O) groups is 1. The van der Waals surface area contributed by atoms with Gasteiger partial charge in [-0.15, -0.1) is 0 Å². The first-order chi connectivity index (χ1) is 15.0. The first-order valence-electron chi connectivity index (χ1n) is 9.75. The molecule has 0 heterocycles. The predicted octanol–water partition coefficient (Wildman–Crippen LogP) is 4.88. The maximum atomic E-state index is 13.1. The van der Waals surface area contributed by atoms with Crippen LogP contribution in [-0.4, -0.2) is 19.2 Å².